The van der Waals surface area contributed by atoms with Crippen molar-refractivity contribution < 1.29 is 4.52 Å². The van der Waals surface area contributed by atoms with Crippen LogP contribution in [-0.2, 0) is 0 Å². The maximum absolute atomic E-state index is 5.00. The highest BCUT2D eigenvalue weighted by atomic mass is 32.1. The number of rotatable bonds is 1. The number of hydrogen-bond donors (Lipinski definition) is 1. The van der Waals surface area contributed by atoms with Gasteiger partial charge in [-0.15, -0.1) is 0 Å². The van der Waals surface area contributed by atoms with Crippen molar-refractivity contribution in [2.45, 2.75) is 43.7 Å². The summed E-state index contributed by atoms with van der Waals surface area (Å²) in [4.78, 5) is 7.08. The van der Waals surface area contributed by atoms with Gasteiger partial charge in [0.2, 0.25) is 0 Å². The molecule has 15 heavy (non-hydrogen) atoms. The molecule has 2 bridgehead atoms. The quantitative estimate of drug-likeness (QED) is 0.743. The third kappa shape index (κ3) is 1.54. The summed E-state index contributed by atoms with van der Waals surface area (Å²) in [6.45, 7) is 0. The monoisotopic (exact) mass is 225 g/mol. The van der Waals surface area contributed by atoms with E-state index in [2.05, 4.69) is 22.1 Å². The van der Waals surface area contributed by atoms with Gasteiger partial charge in [-0.05, 0) is 44.9 Å². The molecule has 0 radical (unpaired) electrons. The summed E-state index contributed by atoms with van der Waals surface area (Å²) in [5.74, 6) is 1.46. The maximum Gasteiger partial charge on any atom is 0.314 e. The van der Waals surface area contributed by atoms with Gasteiger partial charge in [0.1, 0.15) is 5.82 Å². The lowest BCUT2D eigenvalue weighted by molar-refractivity contribution is 0.157. The summed E-state index contributed by atoms with van der Waals surface area (Å²) >= 11 is 4.88. The van der Waals surface area contributed by atoms with Crippen LogP contribution in [0.2, 0.25) is 0 Å². The molecule has 3 heterocycles. The van der Waals surface area contributed by atoms with Crippen LogP contribution in [0.3, 0.4) is 0 Å². The Labute approximate surface area is 93.6 Å². The number of fused-ring (bicyclic) bond motifs is 2. The lowest BCUT2D eigenvalue weighted by Gasteiger charge is -2.35. The molecule has 82 valence electrons. The molecule has 2 fully saturated rings. The molecule has 0 amide bonds. The van der Waals surface area contributed by atoms with Crippen LogP contribution in [0.15, 0.2) is 4.52 Å². The number of piperidine rings is 1. The number of hydrogen-bond acceptors (Lipinski definition) is 4. The maximum atomic E-state index is 5.00. The second-order valence-electron chi connectivity index (χ2n) is 4.69. The van der Waals surface area contributed by atoms with E-state index in [-0.39, 0.29) is 0 Å². The van der Waals surface area contributed by atoms with E-state index in [0.717, 1.165) is 17.9 Å². The highest BCUT2D eigenvalue weighted by Crippen LogP contribution is 2.40. The molecule has 0 saturated carbocycles. The Balaban J connectivity index is 1.83. The summed E-state index contributed by atoms with van der Waals surface area (Å²) in [5.41, 5.74) is 0. The molecular weight excluding hydrogens is 210 g/mol. The summed E-state index contributed by atoms with van der Waals surface area (Å²) in [7, 11) is 2.24. The molecule has 2 aliphatic rings. The average Bonchev–Trinajstić information content (AvgIpc) is 2.70. The molecule has 1 aromatic rings. The van der Waals surface area contributed by atoms with E-state index in [0.29, 0.717) is 10.8 Å². The second kappa shape index (κ2) is 3.42. The van der Waals surface area contributed by atoms with Crippen molar-refractivity contribution in [3.63, 3.8) is 0 Å². The van der Waals surface area contributed by atoms with E-state index in [9.17, 15) is 0 Å². The number of aromatic nitrogens is 2. The third-order valence-corrected chi connectivity index (χ3v) is 4.11. The minimum absolute atomic E-state index is 0.330. The summed E-state index contributed by atoms with van der Waals surface area (Å²) in [5, 5.41) is 2.85. The fourth-order valence-electron chi connectivity index (χ4n) is 3.05. The number of aromatic amines is 1. The molecule has 5 heteroatoms. The van der Waals surface area contributed by atoms with E-state index < -0.39 is 0 Å². The van der Waals surface area contributed by atoms with Crippen LogP contribution in [0.25, 0.3) is 0 Å². The van der Waals surface area contributed by atoms with Crippen molar-refractivity contribution >= 4 is 12.2 Å². The Bertz CT molecular complexity index is 399. The van der Waals surface area contributed by atoms with Gasteiger partial charge in [0.05, 0.1) is 0 Å². The predicted octanol–water partition coefficient (Wildman–Crippen LogP) is 2.07. The molecule has 0 spiro atoms. The molecule has 2 saturated heterocycles. The van der Waals surface area contributed by atoms with Crippen molar-refractivity contribution in [3.8, 4) is 0 Å². The predicted molar refractivity (Wildman–Crippen MR) is 58.2 cm³/mol. The summed E-state index contributed by atoms with van der Waals surface area (Å²) < 4.78 is 5.00. The molecule has 0 aliphatic carbocycles. The fourth-order valence-corrected chi connectivity index (χ4v) is 3.19. The Hall–Kier alpha value is -0.680. The van der Waals surface area contributed by atoms with Gasteiger partial charge in [-0.25, -0.2) is 5.16 Å². The molecule has 4 nitrogen and oxygen atoms in total. The normalized spacial score (nSPS) is 35.9. The van der Waals surface area contributed by atoms with Crippen molar-refractivity contribution in [2.24, 2.45) is 0 Å². The Morgan fingerprint density at radius 3 is 2.60 bits per heavy atom. The smallest absolute Gasteiger partial charge is 0.314 e. The lowest BCUT2D eigenvalue weighted by atomic mass is 9.90. The van der Waals surface area contributed by atoms with Gasteiger partial charge in [-0.1, -0.05) is 0 Å². The Morgan fingerprint density at radius 1 is 1.40 bits per heavy atom. The standard InChI is InChI=1S/C10H15N3OS/c1-13-7-2-3-8(13)5-6(4-7)9-11-10(15)14-12-9/h6-8H,2-5H2,1H3,(H,11,12,15). The van der Waals surface area contributed by atoms with Crippen LogP contribution < -0.4 is 0 Å². The van der Waals surface area contributed by atoms with Crippen LogP contribution in [0.5, 0.6) is 0 Å². The first-order valence-electron chi connectivity index (χ1n) is 5.51. The van der Waals surface area contributed by atoms with Gasteiger partial charge in [0, 0.05) is 18.0 Å². The SMILES string of the molecule is CN1C2CCC1CC(c1nc(=S)o[nH]1)C2. The molecule has 1 aromatic heterocycles. The number of nitrogens with one attached hydrogen (secondary N) is 1. The lowest BCUT2D eigenvalue weighted by Crippen LogP contribution is -2.39. The zero-order valence-corrected chi connectivity index (χ0v) is 9.59. The van der Waals surface area contributed by atoms with Crippen molar-refractivity contribution in [3.05, 3.63) is 10.7 Å². The zero-order valence-electron chi connectivity index (χ0n) is 8.77. The van der Waals surface area contributed by atoms with Crippen molar-refractivity contribution in [1.82, 2.24) is 15.0 Å². The zero-order chi connectivity index (χ0) is 10.4. The average molecular weight is 225 g/mol. The fraction of sp³-hybridized carbons (Fsp3) is 0.800. The molecule has 2 aliphatic heterocycles. The van der Waals surface area contributed by atoms with E-state index in [1.165, 1.54) is 25.7 Å². The van der Waals surface area contributed by atoms with Gasteiger partial charge in [0.15, 0.2) is 0 Å². The van der Waals surface area contributed by atoms with E-state index in [1.54, 1.807) is 0 Å². The third-order valence-electron chi connectivity index (χ3n) is 3.94. The molecule has 2 atom stereocenters. The first-order valence-corrected chi connectivity index (χ1v) is 5.92. The Morgan fingerprint density at radius 2 is 2.07 bits per heavy atom. The summed E-state index contributed by atoms with van der Waals surface area (Å²) in [6.07, 6.45) is 5.03. The van der Waals surface area contributed by atoms with E-state index in [1.807, 2.05) is 0 Å². The number of H-pyrrole nitrogens is 1. The highest BCUT2D eigenvalue weighted by molar-refractivity contribution is 7.71. The molecule has 2 unspecified atom stereocenters. The van der Waals surface area contributed by atoms with Crippen LogP contribution >= 0.6 is 12.2 Å². The second-order valence-corrected chi connectivity index (χ2v) is 5.04. The van der Waals surface area contributed by atoms with E-state index >= 15 is 0 Å². The van der Waals surface area contributed by atoms with Crippen molar-refractivity contribution in [1.29, 1.82) is 0 Å². The first kappa shape index (κ1) is 9.54. The van der Waals surface area contributed by atoms with Crippen LogP contribution in [0.1, 0.15) is 37.4 Å². The topological polar surface area (TPSA) is 45.1 Å². The van der Waals surface area contributed by atoms with Gasteiger partial charge in [0.25, 0.3) is 0 Å². The molecular formula is C10H15N3OS. The van der Waals surface area contributed by atoms with Gasteiger partial charge >= 0.3 is 4.84 Å². The molecule has 1 N–H and O–H groups in total. The van der Waals surface area contributed by atoms with Gasteiger partial charge in [-0.2, -0.15) is 4.98 Å². The first-order chi connectivity index (χ1) is 7.24. The van der Waals surface area contributed by atoms with Crippen molar-refractivity contribution in [2.75, 3.05) is 7.05 Å². The van der Waals surface area contributed by atoms with E-state index in [4.69, 9.17) is 16.7 Å². The molecule has 3 rings (SSSR count). The van der Waals surface area contributed by atoms with Gasteiger partial charge in [-0.3, -0.25) is 0 Å². The minimum Gasteiger partial charge on any atom is -0.348 e. The minimum atomic E-state index is 0.330. The Kier molecular flexibility index (Phi) is 2.17. The van der Waals surface area contributed by atoms with Crippen LogP contribution in [0, 0.1) is 4.84 Å². The number of nitrogens with zero attached hydrogens (tertiary/aromatic N) is 2. The molecule has 0 aromatic carbocycles. The van der Waals surface area contributed by atoms with Crippen LogP contribution in [-0.4, -0.2) is 34.2 Å². The van der Waals surface area contributed by atoms with Gasteiger partial charge < -0.3 is 9.42 Å². The highest BCUT2D eigenvalue weighted by Gasteiger charge is 2.39. The summed E-state index contributed by atoms with van der Waals surface area (Å²) in [6, 6.07) is 1.46. The van der Waals surface area contributed by atoms with Crippen LogP contribution in [0.4, 0.5) is 0 Å². The largest absolute Gasteiger partial charge is 0.348 e.